The van der Waals surface area contributed by atoms with Gasteiger partial charge in [-0.05, 0) is 0 Å². The zero-order valence-electron chi connectivity index (χ0n) is 15.0. The average molecular weight is 715 g/mol. The quantitative estimate of drug-likeness (QED) is 0.228. The van der Waals surface area contributed by atoms with Crippen LogP contribution in [0.5, 0.6) is 11.5 Å². The third kappa shape index (κ3) is 3.81. The summed E-state index contributed by atoms with van der Waals surface area (Å²) < 4.78 is 17.3. The first-order valence-electron chi connectivity index (χ1n) is 8.99. The SMILES string of the molecule is C/C(I)=C1\C[C@H]2[C@@H](C1)c1cc(N=O)ccc1O[C@H]2c1ccc(OI2N[I-]2)cc1. The first-order valence-corrected chi connectivity index (χ1v) is 19.4. The molecule has 5 nitrogen and oxygen atoms in total. The van der Waals surface area contributed by atoms with Crippen LogP contribution in [0.2, 0.25) is 0 Å². The second-order valence-corrected chi connectivity index (χ2v) is 21.7. The van der Waals surface area contributed by atoms with Gasteiger partial charge in [-0.1, -0.05) is 0 Å². The molecule has 1 saturated heterocycles. The van der Waals surface area contributed by atoms with Gasteiger partial charge in [0.2, 0.25) is 0 Å². The molecule has 148 valence electrons. The van der Waals surface area contributed by atoms with Gasteiger partial charge in [0.05, 0.1) is 0 Å². The van der Waals surface area contributed by atoms with Gasteiger partial charge in [-0.25, -0.2) is 0 Å². The van der Waals surface area contributed by atoms with Crippen LogP contribution in [0.4, 0.5) is 5.69 Å². The Labute approximate surface area is 192 Å². The van der Waals surface area contributed by atoms with E-state index >= 15 is 0 Å². The molecular weight excluding hydrogens is 697 g/mol. The molecule has 2 heterocycles. The van der Waals surface area contributed by atoms with E-state index in [-0.39, 0.29) is 23.6 Å². The van der Waals surface area contributed by atoms with Crippen molar-refractivity contribution in [1.82, 2.24) is 1.74 Å². The molecule has 1 aliphatic carbocycles. The minimum absolute atomic E-state index is 0.0140. The molecule has 1 saturated carbocycles. The molecule has 28 heavy (non-hydrogen) atoms. The van der Waals surface area contributed by atoms with Gasteiger partial charge in [0, 0.05) is 0 Å². The Morgan fingerprint density at radius 2 is 2.07 bits per heavy atom. The molecule has 2 aromatic carbocycles. The Kier molecular flexibility index (Phi) is 5.56. The van der Waals surface area contributed by atoms with Crippen LogP contribution in [0.3, 0.4) is 0 Å². The molecule has 0 radical (unpaired) electrons. The molecule has 1 N–H and O–H groups in total. The molecular formula is C20H18I3N2O3-. The van der Waals surface area contributed by atoms with E-state index in [2.05, 4.69) is 60.7 Å². The number of hydrogen-bond acceptors (Lipinski definition) is 5. The number of benzene rings is 2. The molecule has 0 unspecified atom stereocenters. The Morgan fingerprint density at radius 1 is 1.29 bits per heavy atom. The Hall–Kier alpha value is -0.470. The van der Waals surface area contributed by atoms with Crippen LogP contribution in [0.25, 0.3) is 0 Å². The van der Waals surface area contributed by atoms with Gasteiger partial charge in [0.1, 0.15) is 0 Å². The second kappa shape index (κ2) is 7.99. The zero-order chi connectivity index (χ0) is 19.3. The first kappa shape index (κ1) is 19.5. The van der Waals surface area contributed by atoms with Crippen LogP contribution in [0.15, 0.2) is 56.8 Å². The van der Waals surface area contributed by atoms with E-state index in [0.29, 0.717) is 17.5 Å². The van der Waals surface area contributed by atoms with E-state index in [1.807, 2.05) is 12.1 Å². The number of fused-ring (bicyclic) bond motifs is 3. The summed E-state index contributed by atoms with van der Waals surface area (Å²) in [7, 11) is 0. The number of nitrogens with zero attached hydrogens (tertiary/aromatic N) is 1. The van der Waals surface area contributed by atoms with Gasteiger partial charge in [-0.2, -0.15) is 0 Å². The van der Waals surface area contributed by atoms with Crippen molar-refractivity contribution in [3.8, 4) is 11.5 Å². The van der Waals surface area contributed by atoms with Crippen molar-refractivity contribution in [2.45, 2.75) is 31.8 Å². The van der Waals surface area contributed by atoms with Gasteiger partial charge in [0.15, 0.2) is 0 Å². The van der Waals surface area contributed by atoms with Gasteiger partial charge in [-0.3, -0.25) is 0 Å². The standard InChI is InChI=1S/C20H18I3N2O3/c1-11(21)13-8-16-17-10-14(24-26)4-7-19(17)27-20(18(16)9-13)12-2-5-15(6-3-12)28-23-22-25-23/h2-7,10,16,18,20,25H,8-9H2,1H3/q-1/b13-11+/t16-,18-,20-/m0/s1. The molecule has 0 amide bonds. The summed E-state index contributed by atoms with van der Waals surface area (Å²) in [5.74, 6) is 2.59. The van der Waals surface area contributed by atoms with Crippen LogP contribution in [0, 0.1) is 10.8 Å². The molecule has 0 spiro atoms. The predicted octanol–water partition coefficient (Wildman–Crippen LogP) is 3.66. The van der Waals surface area contributed by atoms with Gasteiger partial charge >= 0.3 is 189 Å². The molecule has 0 aromatic heterocycles. The fourth-order valence-electron chi connectivity index (χ4n) is 4.22. The fourth-order valence-corrected chi connectivity index (χ4v) is 11.3. The Balaban J connectivity index is 1.51. The van der Waals surface area contributed by atoms with Crippen molar-refractivity contribution >= 4 is 44.8 Å². The Bertz CT molecular complexity index is 956. The number of hydrogen-bond donors (Lipinski definition) is 1. The number of halogens is 3. The van der Waals surface area contributed by atoms with Crippen LogP contribution < -0.4 is 27.1 Å². The number of allylic oxidation sites excluding steroid dienone is 2. The van der Waals surface area contributed by atoms with Gasteiger partial charge in [0.25, 0.3) is 0 Å². The van der Waals surface area contributed by atoms with E-state index in [4.69, 9.17) is 7.80 Å². The van der Waals surface area contributed by atoms with Gasteiger partial charge in [-0.15, -0.1) is 4.91 Å². The summed E-state index contributed by atoms with van der Waals surface area (Å²) in [6.07, 6.45) is 2.07. The first-order chi connectivity index (χ1) is 13.6. The molecule has 5 rings (SSSR count). The maximum atomic E-state index is 11.0. The van der Waals surface area contributed by atoms with Crippen molar-refractivity contribution in [2.24, 2.45) is 11.1 Å². The summed E-state index contributed by atoms with van der Waals surface area (Å²) in [5, 5.41) is 3.13. The number of ether oxygens (including phenoxy) is 1. The van der Waals surface area contributed by atoms with Crippen molar-refractivity contribution in [3.63, 3.8) is 0 Å². The third-order valence-electron chi connectivity index (χ3n) is 5.59. The zero-order valence-corrected chi connectivity index (χ0v) is 21.5. The predicted molar refractivity (Wildman–Crippen MR) is 122 cm³/mol. The van der Waals surface area contributed by atoms with Crippen molar-refractivity contribution in [2.75, 3.05) is 0 Å². The molecule has 0 bridgehead atoms. The van der Waals surface area contributed by atoms with E-state index in [1.165, 1.54) is 14.7 Å². The number of nitrogens with one attached hydrogen (secondary N) is 1. The molecule has 3 atom stereocenters. The van der Waals surface area contributed by atoms with Crippen molar-refractivity contribution < 1.29 is 25.3 Å². The van der Waals surface area contributed by atoms with Crippen molar-refractivity contribution in [3.05, 3.63) is 67.7 Å². The Morgan fingerprint density at radius 3 is 2.75 bits per heavy atom. The van der Waals surface area contributed by atoms with Crippen LogP contribution in [0.1, 0.15) is 42.9 Å². The molecule has 2 aromatic rings. The monoisotopic (exact) mass is 715 g/mol. The minimum atomic E-state index is -1.16. The molecule has 8 heteroatoms. The summed E-state index contributed by atoms with van der Waals surface area (Å²) in [4.78, 5) is 11.0. The van der Waals surface area contributed by atoms with Gasteiger partial charge < -0.3 is 0 Å². The molecule has 2 aliphatic heterocycles. The summed E-state index contributed by atoms with van der Waals surface area (Å²) in [6, 6.07) is 14.0. The molecule has 2 fully saturated rings. The van der Waals surface area contributed by atoms with Crippen LogP contribution in [-0.4, -0.2) is 0 Å². The van der Waals surface area contributed by atoms with Crippen molar-refractivity contribution in [1.29, 1.82) is 0 Å². The van der Waals surface area contributed by atoms with Crippen LogP contribution in [-0.2, 0) is 0 Å². The van der Waals surface area contributed by atoms with Crippen LogP contribution >= 0.6 is 39.1 Å². The average Bonchev–Trinajstić information content (AvgIpc) is 3.40. The van der Waals surface area contributed by atoms with E-state index in [9.17, 15) is 4.91 Å². The van der Waals surface area contributed by atoms with E-state index in [1.54, 1.807) is 6.07 Å². The number of nitroso groups, excluding NO2 is 1. The summed E-state index contributed by atoms with van der Waals surface area (Å²) in [6.45, 7) is 2.18. The number of rotatable bonds is 4. The van der Waals surface area contributed by atoms with E-state index in [0.717, 1.165) is 29.9 Å². The molecule has 3 aliphatic rings. The topological polar surface area (TPSA) is 69.8 Å². The summed E-state index contributed by atoms with van der Waals surface area (Å²) in [5.41, 5.74) is 4.30. The van der Waals surface area contributed by atoms with E-state index < -0.39 is 16.5 Å². The summed E-state index contributed by atoms with van der Waals surface area (Å²) >= 11 is 1.46. The maximum absolute atomic E-state index is 11.0. The fraction of sp³-hybridized carbons (Fsp3) is 0.300. The normalized spacial score (nSPS) is 28.4. The second-order valence-electron chi connectivity index (χ2n) is 7.16. The third-order valence-corrected chi connectivity index (χ3v) is 14.1.